The van der Waals surface area contributed by atoms with Crippen LogP contribution in [0.1, 0.15) is 41.5 Å². The highest BCUT2D eigenvalue weighted by Crippen LogP contribution is 2.72. The normalized spacial score (nSPS) is 17.2. The number of hydrogen-bond donors (Lipinski definition) is 0. The largest absolute Gasteiger partial charge is 0.296 e. The molecule has 0 aromatic heterocycles. The third-order valence-corrected chi connectivity index (χ3v) is 13.5. The van der Waals surface area contributed by atoms with Crippen LogP contribution in [0.15, 0.2) is 0 Å². The Bertz CT molecular complexity index is 207. The van der Waals surface area contributed by atoms with E-state index >= 15 is 0 Å². The molecule has 0 radical (unpaired) electrons. The topological polar surface area (TPSA) is 17.1 Å². The number of hydrogen-bond acceptors (Lipinski definition) is 1. The molecule has 0 saturated carbocycles. The standard InChI is InChI=1S/C9H21ClOPS/c1-8(2,3)12(11,13(7)10)9(4,5)6/h1-7H3/q+1. The van der Waals surface area contributed by atoms with Gasteiger partial charge in [-0.25, -0.2) is 0 Å². The van der Waals surface area contributed by atoms with E-state index in [0.29, 0.717) is 0 Å². The van der Waals surface area contributed by atoms with Gasteiger partial charge in [-0.3, -0.25) is 4.57 Å². The molecule has 1 atom stereocenters. The highest BCUT2D eigenvalue weighted by atomic mass is 35.7. The van der Waals surface area contributed by atoms with Gasteiger partial charge in [-0.1, -0.05) is 0 Å². The fraction of sp³-hybridized carbons (Fsp3) is 1.00. The quantitative estimate of drug-likeness (QED) is 0.497. The molecule has 0 aromatic rings. The summed E-state index contributed by atoms with van der Waals surface area (Å²) in [5.41, 5.74) is 0. The van der Waals surface area contributed by atoms with Crippen molar-refractivity contribution < 1.29 is 4.57 Å². The van der Waals surface area contributed by atoms with Crippen LogP contribution in [0.5, 0.6) is 0 Å². The third kappa shape index (κ3) is 2.46. The van der Waals surface area contributed by atoms with E-state index in [1.54, 1.807) is 0 Å². The van der Waals surface area contributed by atoms with Crippen molar-refractivity contribution in [1.29, 1.82) is 0 Å². The average Bonchev–Trinajstić information content (AvgIpc) is 1.80. The lowest BCUT2D eigenvalue weighted by molar-refractivity contribution is 0.533. The van der Waals surface area contributed by atoms with Gasteiger partial charge in [0.25, 0.3) is 6.34 Å². The second kappa shape index (κ2) is 3.79. The Kier molecular flexibility index (Phi) is 4.04. The maximum Gasteiger partial charge on any atom is 0.296 e. The first-order valence-corrected chi connectivity index (χ1v) is 9.15. The molecule has 0 heterocycles. The molecule has 0 fully saturated rings. The van der Waals surface area contributed by atoms with Crippen molar-refractivity contribution in [3.63, 3.8) is 0 Å². The van der Waals surface area contributed by atoms with E-state index < -0.39 is 16.1 Å². The summed E-state index contributed by atoms with van der Waals surface area (Å²) in [6.45, 7) is 12.1. The zero-order valence-electron chi connectivity index (χ0n) is 9.64. The molecule has 0 amide bonds. The van der Waals surface area contributed by atoms with Crippen molar-refractivity contribution in [3.8, 4) is 0 Å². The van der Waals surface area contributed by atoms with Gasteiger partial charge in [0.05, 0.1) is 10.3 Å². The Hall–Kier alpha value is 0.870. The molecule has 0 N–H and O–H groups in total. The molecule has 4 heteroatoms. The van der Waals surface area contributed by atoms with Crippen LogP contribution in [-0.4, -0.2) is 16.6 Å². The summed E-state index contributed by atoms with van der Waals surface area (Å²) in [4.78, 5) is 0. The summed E-state index contributed by atoms with van der Waals surface area (Å²) in [5.74, 6) is 0. The molecule has 0 spiro atoms. The molecule has 1 unspecified atom stereocenters. The minimum absolute atomic E-state index is 0.204. The van der Waals surface area contributed by atoms with Crippen LogP contribution in [0.4, 0.5) is 0 Å². The minimum atomic E-state index is -2.37. The monoisotopic (exact) mass is 243 g/mol. The van der Waals surface area contributed by atoms with E-state index in [4.69, 9.17) is 10.7 Å². The maximum atomic E-state index is 12.8. The van der Waals surface area contributed by atoms with Crippen LogP contribution < -0.4 is 0 Å². The van der Waals surface area contributed by atoms with E-state index in [-0.39, 0.29) is 10.3 Å². The van der Waals surface area contributed by atoms with E-state index in [2.05, 4.69) is 0 Å². The molecule has 0 aliphatic rings. The van der Waals surface area contributed by atoms with Crippen molar-refractivity contribution in [1.82, 2.24) is 0 Å². The summed E-state index contributed by atoms with van der Waals surface area (Å²) >= 11 is 0. The van der Waals surface area contributed by atoms with Crippen molar-refractivity contribution in [3.05, 3.63) is 0 Å². The van der Waals surface area contributed by atoms with Gasteiger partial charge < -0.3 is 0 Å². The van der Waals surface area contributed by atoms with Crippen molar-refractivity contribution in [2.75, 3.05) is 6.26 Å². The number of rotatable bonds is 1. The maximum absolute atomic E-state index is 12.8. The third-order valence-electron chi connectivity index (χ3n) is 2.12. The molecule has 80 valence electrons. The van der Waals surface area contributed by atoms with Gasteiger partial charge >= 0.3 is 0 Å². The van der Waals surface area contributed by atoms with E-state index in [1.807, 2.05) is 47.8 Å². The summed E-state index contributed by atoms with van der Waals surface area (Å²) in [6.07, 6.45) is -0.492. The Labute approximate surface area is 89.6 Å². The first kappa shape index (κ1) is 13.9. The van der Waals surface area contributed by atoms with Gasteiger partial charge in [0.15, 0.2) is 10.7 Å². The van der Waals surface area contributed by atoms with Crippen LogP contribution in [-0.2, 0) is 14.3 Å². The Morgan fingerprint density at radius 3 is 1.23 bits per heavy atom. The van der Waals surface area contributed by atoms with Gasteiger partial charge in [0.1, 0.15) is 16.0 Å². The summed E-state index contributed by atoms with van der Waals surface area (Å²) in [6, 6.07) is 0. The minimum Gasteiger partial charge on any atom is -0.263 e. The van der Waals surface area contributed by atoms with Gasteiger partial charge in [-0.15, -0.1) is 0 Å². The molecule has 0 aliphatic carbocycles. The first-order valence-electron chi connectivity index (χ1n) is 4.37. The smallest absolute Gasteiger partial charge is 0.263 e. The zero-order valence-corrected chi connectivity index (χ0v) is 12.1. The lowest BCUT2D eigenvalue weighted by Gasteiger charge is -2.35. The van der Waals surface area contributed by atoms with Crippen LogP contribution >= 0.6 is 17.0 Å². The fourth-order valence-electron chi connectivity index (χ4n) is 1.76. The molecule has 0 saturated heterocycles. The number of halogens is 1. The van der Waals surface area contributed by atoms with E-state index in [0.717, 1.165) is 0 Å². The second-order valence-electron chi connectivity index (χ2n) is 5.30. The molecule has 1 nitrogen and oxygen atoms in total. The van der Waals surface area contributed by atoms with Crippen molar-refractivity contribution >= 4 is 26.8 Å². The molecular formula is C9H21ClOPS+. The molecule has 0 rings (SSSR count). The molecule has 13 heavy (non-hydrogen) atoms. The van der Waals surface area contributed by atoms with Crippen molar-refractivity contribution in [2.24, 2.45) is 0 Å². The highest BCUT2D eigenvalue weighted by Gasteiger charge is 2.58. The summed E-state index contributed by atoms with van der Waals surface area (Å²) in [7, 11) is 5.59. The van der Waals surface area contributed by atoms with Gasteiger partial charge in [-0.05, 0) is 41.5 Å². The van der Waals surface area contributed by atoms with Crippen LogP contribution in [0.3, 0.4) is 0 Å². The predicted molar refractivity (Wildman–Crippen MR) is 66.3 cm³/mol. The summed E-state index contributed by atoms with van der Waals surface area (Å²) in [5, 5.41) is -0.407. The van der Waals surface area contributed by atoms with Gasteiger partial charge in [0, 0.05) is 0 Å². The Morgan fingerprint density at radius 2 is 1.23 bits per heavy atom. The van der Waals surface area contributed by atoms with Crippen molar-refractivity contribution in [2.45, 2.75) is 51.9 Å². The average molecular weight is 244 g/mol. The first-order chi connectivity index (χ1) is 5.44. The van der Waals surface area contributed by atoms with Crippen LogP contribution in [0.25, 0.3) is 0 Å². The lowest BCUT2D eigenvalue weighted by atomic mass is 10.2. The predicted octanol–water partition coefficient (Wildman–Crippen LogP) is 4.26. The van der Waals surface area contributed by atoms with Gasteiger partial charge in [0.2, 0.25) is 0 Å². The summed E-state index contributed by atoms with van der Waals surface area (Å²) < 4.78 is 12.8. The highest BCUT2D eigenvalue weighted by molar-refractivity contribution is 8.66. The Balaban J connectivity index is 5.37. The second-order valence-corrected chi connectivity index (χ2v) is 15.1. The SMILES string of the molecule is C[S+](Cl)P(=O)(C(C)(C)C)C(C)(C)C. The van der Waals surface area contributed by atoms with E-state index in [1.165, 1.54) is 0 Å². The molecular weight excluding hydrogens is 223 g/mol. The van der Waals surface area contributed by atoms with E-state index in [9.17, 15) is 4.57 Å². The van der Waals surface area contributed by atoms with Crippen LogP contribution in [0, 0.1) is 0 Å². The fourth-order valence-corrected chi connectivity index (χ4v) is 13.5. The zero-order chi connectivity index (χ0) is 11.1. The van der Waals surface area contributed by atoms with Crippen LogP contribution in [0.2, 0.25) is 0 Å². The molecule has 0 aliphatic heterocycles. The van der Waals surface area contributed by atoms with Gasteiger partial charge in [-0.2, -0.15) is 0 Å². The lowest BCUT2D eigenvalue weighted by Crippen LogP contribution is -2.31. The molecule has 0 bridgehead atoms. The Morgan fingerprint density at radius 1 is 1.00 bits per heavy atom. The molecule has 0 aromatic carbocycles.